The third kappa shape index (κ3) is 20.9. The second kappa shape index (κ2) is 28.3. The van der Waals surface area contributed by atoms with Crippen molar-refractivity contribution in [1.29, 1.82) is 0 Å². The van der Waals surface area contributed by atoms with Gasteiger partial charge >= 0.3 is 5.97 Å². The van der Waals surface area contributed by atoms with E-state index in [0.717, 1.165) is 0 Å². The molecule has 0 radical (unpaired) electrons. The molecule has 63 heavy (non-hydrogen) atoms. The van der Waals surface area contributed by atoms with Crippen molar-refractivity contribution in [3.05, 3.63) is 35.9 Å². The molecule has 0 aromatic heterocycles. The van der Waals surface area contributed by atoms with Crippen molar-refractivity contribution in [1.82, 2.24) is 37.2 Å². The number of aliphatic imine (C=N–C) groups is 1. The van der Waals surface area contributed by atoms with Crippen LogP contribution in [0, 0.1) is 11.8 Å². The number of carbonyl (C=O) groups excluding carboxylic acids is 8. The van der Waals surface area contributed by atoms with Crippen LogP contribution in [0.25, 0.3) is 0 Å². The molecule has 0 spiro atoms. The van der Waals surface area contributed by atoms with Crippen LogP contribution in [0.5, 0.6) is 0 Å². The molecule has 0 unspecified atom stereocenters. The number of carbonyl (C=O) groups is 9. The summed E-state index contributed by atoms with van der Waals surface area (Å²) in [4.78, 5) is 121. The van der Waals surface area contributed by atoms with Gasteiger partial charge in [-0.3, -0.25) is 43.3 Å². The molecule has 1 rings (SSSR count). The summed E-state index contributed by atoms with van der Waals surface area (Å²) in [5.74, 6) is -8.65. The normalized spacial score (nSPS) is 14.7. The molecular formula is C41H68N12O10. The number of carboxylic acid groups (broad SMARTS) is 1. The largest absolute Gasteiger partial charge is 0.480 e. The third-order valence-electron chi connectivity index (χ3n) is 9.95. The number of benzene rings is 1. The Hall–Kier alpha value is -6.32. The Morgan fingerprint density at radius 1 is 0.635 bits per heavy atom. The maximum Gasteiger partial charge on any atom is 0.326 e. The number of unbranched alkanes of at least 4 members (excludes halogenated alkanes) is 1. The molecule has 0 aliphatic carbocycles. The van der Waals surface area contributed by atoms with E-state index in [1.54, 1.807) is 58.0 Å². The lowest BCUT2D eigenvalue weighted by atomic mass is 9.98. The zero-order valence-corrected chi connectivity index (χ0v) is 37.0. The Balaban J connectivity index is 3.41. The summed E-state index contributed by atoms with van der Waals surface area (Å²) in [5, 5.41) is 27.5. The molecule has 0 fully saturated rings. The number of nitrogens with two attached hydrogens (primary N) is 4. The highest BCUT2D eigenvalue weighted by Gasteiger charge is 2.35. The van der Waals surface area contributed by atoms with Gasteiger partial charge in [0, 0.05) is 19.9 Å². The van der Waals surface area contributed by atoms with E-state index in [2.05, 4.69) is 42.2 Å². The van der Waals surface area contributed by atoms with Crippen molar-refractivity contribution in [3.8, 4) is 0 Å². The van der Waals surface area contributed by atoms with Crippen LogP contribution >= 0.6 is 0 Å². The average Bonchev–Trinajstić information content (AvgIpc) is 3.21. The smallest absolute Gasteiger partial charge is 0.326 e. The number of nitrogens with one attached hydrogen (secondary N) is 7. The van der Waals surface area contributed by atoms with Gasteiger partial charge in [0.2, 0.25) is 47.3 Å². The molecule has 22 heteroatoms. The predicted octanol–water partition coefficient (Wildman–Crippen LogP) is -2.49. The minimum Gasteiger partial charge on any atom is -0.480 e. The summed E-state index contributed by atoms with van der Waals surface area (Å²) < 4.78 is 0. The van der Waals surface area contributed by atoms with Gasteiger partial charge in [-0.25, -0.2) is 4.79 Å². The molecule has 0 saturated carbocycles. The Labute approximate surface area is 368 Å². The van der Waals surface area contributed by atoms with E-state index in [9.17, 15) is 48.3 Å². The number of amides is 8. The molecule has 0 heterocycles. The molecule has 0 bridgehead atoms. The standard InChI is InChI=1S/C41H68N12O10/c1-7-23(4)33(40(62)63)53-38(60)30(21-31(43)55)52-36(58)27(16-11-12-18-42)49-37(59)29(20-26-14-9-8-10-15-26)51-34(56)24(5)47-35(57)28(17-13-19-46-41(44)45)50-39(61)32(22(2)3)48-25(6)54/h8-10,14-15,22-24,27-30,32-33H,7,11-13,16-21,42H2,1-6H3,(H2,43,55)(H,47,57)(H,48,54)(H,49,59)(H,50,61)(H,51,56)(H,52,58)(H,53,60)(H,62,63)(H4,44,45,46)/t23-,24-,27-,28-,29-,30-,32-,33-/m0/s1. The van der Waals surface area contributed by atoms with Crippen LogP contribution < -0.4 is 60.2 Å². The van der Waals surface area contributed by atoms with Gasteiger partial charge in [0.25, 0.3) is 0 Å². The van der Waals surface area contributed by atoms with Gasteiger partial charge in [0.1, 0.15) is 42.3 Å². The number of rotatable bonds is 29. The molecular weight excluding hydrogens is 821 g/mol. The number of hydrogen-bond acceptors (Lipinski definition) is 11. The molecule has 8 atom stereocenters. The lowest BCUT2D eigenvalue weighted by molar-refractivity contribution is -0.144. The number of guanidine groups is 1. The SMILES string of the molecule is CC[C@H](C)[C@H](NC(=O)[C@H](CC(N)=O)NC(=O)[C@H](CCCCN)NC(=O)[C@H](Cc1ccccc1)NC(=O)[C@H](C)NC(=O)[C@H](CCCN=C(N)N)NC(=O)[C@@H](NC(C)=O)C(C)C)C(=O)O. The molecule has 1 aromatic rings. The van der Waals surface area contributed by atoms with Gasteiger partial charge in [-0.15, -0.1) is 0 Å². The van der Waals surface area contributed by atoms with Crippen LogP contribution in [0.3, 0.4) is 0 Å². The fraction of sp³-hybridized carbons (Fsp3) is 0.610. The third-order valence-corrected chi connectivity index (χ3v) is 9.95. The zero-order valence-electron chi connectivity index (χ0n) is 37.0. The first kappa shape index (κ1) is 54.7. The quantitative estimate of drug-likeness (QED) is 0.0225. The van der Waals surface area contributed by atoms with Gasteiger partial charge in [-0.2, -0.15) is 0 Å². The number of nitrogens with zero attached hydrogens (tertiary/aromatic N) is 1. The van der Waals surface area contributed by atoms with Crippen LogP contribution in [-0.4, -0.2) is 120 Å². The van der Waals surface area contributed by atoms with Crippen molar-refractivity contribution in [2.75, 3.05) is 13.1 Å². The van der Waals surface area contributed by atoms with Crippen molar-refractivity contribution in [3.63, 3.8) is 0 Å². The fourth-order valence-corrected chi connectivity index (χ4v) is 6.18. The average molecular weight is 889 g/mol. The number of hydrogen-bond donors (Lipinski definition) is 12. The van der Waals surface area contributed by atoms with Crippen molar-refractivity contribution >= 4 is 59.2 Å². The Bertz CT molecular complexity index is 1740. The zero-order chi connectivity index (χ0) is 47.8. The summed E-state index contributed by atoms with van der Waals surface area (Å²) >= 11 is 0. The molecule has 1 aromatic carbocycles. The second-order valence-corrected chi connectivity index (χ2v) is 15.7. The first-order valence-electron chi connectivity index (χ1n) is 21.0. The fourth-order valence-electron chi connectivity index (χ4n) is 6.18. The second-order valence-electron chi connectivity index (χ2n) is 15.7. The first-order chi connectivity index (χ1) is 29.6. The minimum absolute atomic E-state index is 0.0126. The summed E-state index contributed by atoms with van der Waals surface area (Å²) in [6.07, 6.45) is 0.726. The van der Waals surface area contributed by atoms with Crippen molar-refractivity contribution in [2.45, 2.75) is 135 Å². The van der Waals surface area contributed by atoms with Gasteiger partial charge in [-0.1, -0.05) is 64.4 Å². The Kier molecular flexibility index (Phi) is 24.6. The van der Waals surface area contributed by atoms with E-state index >= 15 is 0 Å². The monoisotopic (exact) mass is 889 g/mol. The first-order valence-corrected chi connectivity index (χ1v) is 21.0. The van der Waals surface area contributed by atoms with E-state index < -0.39 is 108 Å². The van der Waals surface area contributed by atoms with E-state index in [1.807, 2.05) is 0 Å². The molecule has 8 amide bonds. The van der Waals surface area contributed by atoms with E-state index in [4.69, 9.17) is 22.9 Å². The maximum atomic E-state index is 14.1. The van der Waals surface area contributed by atoms with E-state index in [1.165, 1.54) is 13.8 Å². The minimum atomic E-state index is -1.60. The summed E-state index contributed by atoms with van der Waals surface area (Å²) in [7, 11) is 0. The van der Waals surface area contributed by atoms with Crippen molar-refractivity contribution in [2.24, 2.45) is 39.8 Å². The molecule has 22 nitrogen and oxygen atoms in total. The van der Waals surface area contributed by atoms with E-state index in [0.29, 0.717) is 24.8 Å². The number of carboxylic acids is 1. The summed E-state index contributed by atoms with van der Waals surface area (Å²) in [6.45, 7) is 9.76. The summed E-state index contributed by atoms with van der Waals surface area (Å²) in [5.41, 5.74) is 22.5. The highest BCUT2D eigenvalue weighted by atomic mass is 16.4. The maximum absolute atomic E-state index is 14.1. The number of aliphatic carboxylic acids is 1. The Morgan fingerprint density at radius 3 is 1.68 bits per heavy atom. The molecule has 16 N–H and O–H groups in total. The highest BCUT2D eigenvalue weighted by Crippen LogP contribution is 2.11. The molecule has 0 saturated heterocycles. The van der Waals surface area contributed by atoms with E-state index in [-0.39, 0.29) is 50.7 Å². The highest BCUT2D eigenvalue weighted by molar-refractivity contribution is 5.98. The Morgan fingerprint density at radius 2 is 1.16 bits per heavy atom. The van der Waals surface area contributed by atoms with Crippen LogP contribution in [0.4, 0.5) is 0 Å². The van der Waals surface area contributed by atoms with Gasteiger partial charge < -0.3 is 65.3 Å². The van der Waals surface area contributed by atoms with Crippen LogP contribution in [0.1, 0.15) is 92.1 Å². The van der Waals surface area contributed by atoms with Gasteiger partial charge in [0.05, 0.1) is 6.42 Å². The summed E-state index contributed by atoms with van der Waals surface area (Å²) in [6, 6.07) is -0.443. The lowest BCUT2D eigenvalue weighted by Gasteiger charge is -2.27. The van der Waals surface area contributed by atoms with Crippen LogP contribution in [0.2, 0.25) is 0 Å². The van der Waals surface area contributed by atoms with Gasteiger partial charge in [-0.05, 0) is 63.0 Å². The van der Waals surface area contributed by atoms with Crippen LogP contribution in [-0.2, 0) is 49.6 Å². The predicted molar refractivity (Wildman–Crippen MR) is 234 cm³/mol. The van der Waals surface area contributed by atoms with Crippen LogP contribution in [0.15, 0.2) is 35.3 Å². The molecule has 0 aliphatic heterocycles. The molecule has 0 aliphatic rings. The topological polar surface area (TPSA) is 375 Å². The molecule has 352 valence electrons. The number of primary amides is 1. The van der Waals surface area contributed by atoms with Gasteiger partial charge in [0.15, 0.2) is 5.96 Å². The lowest BCUT2D eigenvalue weighted by Crippen LogP contribution is -2.60. The van der Waals surface area contributed by atoms with Crippen molar-refractivity contribution < 1.29 is 48.3 Å².